The quantitative estimate of drug-likeness (QED) is 0.462. The first kappa shape index (κ1) is 17.8. The Morgan fingerprint density at radius 3 is 2.48 bits per heavy atom. The molecule has 1 rings (SSSR count). The molecular weight excluding hydrogens is 286 g/mol. The molecule has 0 aliphatic rings. The molecule has 0 spiro atoms. The van der Waals surface area contributed by atoms with Gasteiger partial charge in [0, 0.05) is 32.3 Å². The Labute approximate surface area is 132 Å². The van der Waals surface area contributed by atoms with E-state index in [1.54, 1.807) is 14.2 Å². The summed E-state index contributed by atoms with van der Waals surface area (Å²) in [5.41, 5.74) is 1.09. The lowest BCUT2D eigenvalue weighted by atomic mass is 10.1. The van der Waals surface area contributed by atoms with E-state index in [1.165, 1.54) is 5.56 Å². The summed E-state index contributed by atoms with van der Waals surface area (Å²) in [7, 11) is 3.48. The molecule has 0 aliphatic carbocycles. The van der Waals surface area contributed by atoms with Crippen molar-refractivity contribution < 1.29 is 4.74 Å². The lowest BCUT2D eigenvalue weighted by molar-refractivity contribution is 0.0268. The maximum Gasteiger partial charge on any atom is 0.191 e. The first-order valence-corrected chi connectivity index (χ1v) is 7.59. The topological polar surface area (TPSA) is 45.7 Å². The number of hydrogen-bond donors (Lipinski definition) is 2. The van der Waals surface area contributed by atoms with Gasteiger partial charge in [0.05, 0.1) is 5.60 Å². The molecule has 0 radical (unpaired) electrons. The summed E-state index contributed by atoms with van der Waals surface area (Å²) in [6, 6.07) is 7.99. The minimum absolute atomic E-state index is 0.207. The average Bonchev–Trinajstić information content (AvgIpc) is 2.48. The van der Waals surface area contributed by atoms with Crippen molar-refractivity contribution in [1.29, 1.82) is 0 Å². The molecule has 0 unspecified atom stereocenters. The predicted molar refractivity (Wildman–Crippen MR) is 90.2 cm³/mol. The van der Waals surface area contributed by atoms with Crippen LogP contribution in [-0.4, -0.2) is 38.8 Å². The summed E-state index contributed by atoms with van der Waals surface area (Å²) in [6.45, 7) is 5.65. The molecule has 0 amide bonds. The zero-order chi connectivity index (χ0) is 15.7. The van der Waals surface area contributed by atoms with Crippen molar-refractivity contribution >= 4 is 17.6 Å². The van der Waals surface area contributed by atoms with Gasteiger partial charge in [0.25, 0.3) is 0 Å². The molecule has 5 heteroatoms. The molecule has 0 fully saturated rings. The number of hydrogen-bond acceptors (Lipinski definition) is 2. The van der Waals surface area contributed by atoms with Crippen LogP contribution >= 0.6 is 11.6 Å². The average molecular weight is 312 g/mol. The standard InChI is InChI=1S/C16H26ClN3O/c1-16(2,21-4)12-20-15(18-3)19-11-5-6-13-7-9-14(17)10-8-13/h7-10H,5-6,11-12H2,1-4H3,(H2,18,19,20). The maximum atomic E-state index is 5.87. The Morgan fingerprint density at radius 2 is 1.90 bits per heavy atom. The second-order valence-corrected chi connectivity index (χ2v) is 5.98. The van der Waals surface area contributed by atoms with Crippen molar-refractivity contribution in [2.24, 2.45) is 4.99 Å². The molecule has 0 saturated carbocycles. The summed E-state index contributed by atoms with van der Waals surface area (Å²) in [5, 5.41) is 7.35. The zero-order valence-corrected chi connectivity index (χ0v) is 14.1. The maximum absolute atomic E-state index is 5.87. The number of aryl methyl sites for hydroxylation is 1. The van der Waals surface area contributed by atoms with Gasteiger partial charge >= 0.3 is 0 Å². The van der Waals surface area contributed by atoms with Crippen molar-refractivity contribution in [3.8, 4) is 0 Å². The monoisotopic (exact) mass is 311 g/mol. The number of benzene rings is 1. The summed E-state index contributed by atoms with van der Waals surface area (Å²) < 4.78 is 5.37. The fourth-order valence-corrected chi connectivity index (χ4v) is 1.87. The van der Waals surface area contributed by atoms with E-state index in [-0.39, 0.29) is 5.60 Å². The van der Waals surface area contributed by atoms with E-state index in [0.717, 1.165) is 30.4 Å². The van der Waals surface area contributed by atoms with E-state index in [1.807, 2.05) is 26.0 Å². The van der Waals surface area contributed by atoms with Crippen LogP contribution in [-0.2, 0) is 11.2 Å². The van der Waals surface area contributed by atoms with Crippen LogP contribution in [0.3, 0.4) is 0 Å². The summed E-state index contributed by atoms with van der Waals surface area (Å²) in [6.07, 6.45) is 2.06. The molecular formula is C16H26ClN3O. The fourth-order valence-electron chi connectivity index (χ4n) is 1.74. The summed E-state index contributed by atoms with van der Waals surface area (Å²) in [4.78, 5) is 4.20. The van der Waals surface area contributed by atoms with Gasteiger partial charge in [-0.05, 0) is 44.4 Å². The van der Waals surface area contributed by atoms with Crippen molar-refractivity contribution in [2.75, 3.05) is 27.2 Å². The van der Waals surface area contributed by atoms with Crippen LogP contribution in [0.15, 0.2) is 29.3 Å². The van der Waals surface area contributed by atoms with Crippen molar-refractivity contribution in [2.45, 2.75) is 32.3 Å². The van der Waals surface area contributed by atoms with Crippen LogP contribution in [0.4, 0.5) is 0 Å². The molecule has 118 valence electrons. The second kappa shape index (κ2) is 8.90. The van der Waals surface area contributed by atoms with Gasteiger partial charge in [-0.3, -0.25) is 4.99 Å². The zero-order valence-electron chi connectivity index (χ0n) is 13.4. The Hall–Kier alpha value is -1.26. The first-order valence-electron chi connectivity index (χ1n) is 7.21. The third kappa shape index (κ3) is 7.34. The lowest BCUT2D eigenvalue weighted by Gasteiger charge is -2.24. The minimum atomic E-state index is -0.207. The number of nitrogens with one attached hydrogen (secondary N) is 2. The smallest absolute Gasteiger partial charge is 0.191 e. The van der Waals surface area contributed by atoms with E-state index >= 15 is 0 Å². The lowest BCUT2D eigenvalue weighted by Crippen LogP contribution is -2.45. The van der Waals surface area contributed by atoms with Crippen LogP contribution in [0, 0.1) is 0 Å². The number of halogens is 1. The van der Waals surface area contributed by atoms with Crippen LogP contribution in [0.2, 0.25) is 5.02 Å². The molecule has 0 bridgehead atoms. The fraction of sp³-hybridized carbons (Fsp3) is 0.562. The van der Waals surface area contributed by atoms with Crippen LogP contribution in [0.25, 0.3) is 0 Å². The Balaban J connectivity index is 2.25. The molecule has 0 aliphatic heterocycles. The molecule has 0 atom stereocenters. The molecule has 4 nitrogen and oxygen atoms in total. The number of ether oxygens (including phenoxy) is 1. The van der Waals surface area contributed by atoms with Crippen molar-refractivity contribution in [3.63, 3.8) is 0 Å². The number of rotatable bonds is 7. The highest BCUT2D eigenvalue weighted by Crippen LogP contribution is 2.10. The molecule has 2 N–H and O–H groups in total. The van der Waals surface area contributed by atoms with Gasteiger partial charge in [0.15, 0.2) is 5.96 Å². The highest BCUT2D eigenvalue weighted by molar-refractivity contribution is 6.30. The molecule has 0 aromatic heterocycles. The highest BCUT2D eigenvalue weighted by atomic mass is 35.5. The van der Waals surface area contributed by atoms with E-state index in [4.69, 9.17) is 16.3 Å². The van der Waals surface area contributed by atoms with Crippen LogP contribution in [0.5, 0.6) is 0 Å². The summed E-state index contributed by atoms with van der Waals surface area (Å²) >= 11 is 5.87. The van der Waals surface area contributed by atoms with Crippen LogP contribution < -0.4 is 10.6 Å². The van der Waals surface area contributed by atoms with E-state index in [0.29, 0.717) is 6.54 Å². The summed E-state index contributed by atoms with van der Waals surface area (Å²) in [5.74, 6) is 0.802. The largest absolute Gasteiger partial charge is 0.377 e. The molecule has 21 heavy (non-hydrogen) atoms. The SMILES string of the molecule is CN=C(NCCCc1ccc(Cl)cc1)NCC(C)(C)OC. The Bertz CT molecular complexity index is 443. The van der Waals surface area contributed by atoms with Gasteiger partial charge in [-0.25, -0.2) is 0 Å². The van der Waals surface area contributed by atoms with E-state index in [2.05, 4.69) is 27.8 Å². The first-order chi connectivity index (χ1) is 9.96. The molecule has 1 aromatic rings. The normalized spacial score (nSPS) is 12.3. The van der Waals surface area contributed by atoms with Gasteiger partial charge in [-0.15, -0.1) is 0 Å². The number of guanidine groups is 1. The highest BCUT2D eigenvalue weighted by Gasteiger charge is 2.16. The second-order valence-electron chi connectivity index (χ2n) is 5.55. The Morgan fingerprint density at radius 1 is 1.24 bits per heavy atom. The van der Waals surface area contributed by atoms with Crippen LogP contribution in [0.1, 0.15) is 25.8 Å². The number of nitrogens with zero attached hydrogens (tertiary/aromatic N) is 1. The third-order valence-corrected chi connectivity index (χ3v) is 3.56. The Kier molecular flexibility index (Phi) is 7.54. The predicted octanol–water partition coefficient (Wildman–Crippen LogP) is 2.86. The number of methoxy groups -OCH3 is 1. The van der Waals surface area contributed by atoms with E-state index < -0.39 is 0 Å². The third-order valence-electron chi connectivity index (χ3n) is 3.31. The van der Waals surface area contributed by atoms with Gasteiger partial charge in [-0.2, -0.15) is 0 Å². The minimum Gasteiger partial charge on any atom is -0.377 e. The van der Waals surface area contributed by atoms with Crippen molar-refractivity contribution in [1.82, 2.24) is 10.6 Å². The van der Waals surface area contributed by atoms with E-state index in [9.17, 15) is 0 Å². The number of aliphatic imine (C=N–C) groups is 1. The van der Waals surface area contributed by atoms with Gasteiger partial charge in [0.1, 0.15) is 0 Å². The molecule has 1 aromatic carbocycles. The molecule has 0 saturated heterocycles. The van der Waals surface area contributed by atoms with Gasteiger partial charge < -0.3 is 15.4 Å². The van der Waals surface area contributed by atoms with Gasteiger partial charge in [0.2, 0.25) is 0 Å². The van der Waals surface area contributed by atoms with Crippen molar-refractivity contribution in [3.05, 3.63) is 34.9 Å². The molecule has 0 heterocycles. The van der Waals surface area contributed by atoms with Gasteiger partial charge in [-0.1, -0.05) is 23.7 Å².